The van der Waals surface area contributed by atoms with Gasteiger partial charge in [0.25, 0.3) is 11.8 Å². The maximum absolute atomic E-state index is 12.7. The summed E-state index contributed by atoms with van der Waals surface area (Å²) in [5.74, 6) is -0.980. The van der Waals surface area contributed by atoms with Gasteiger partial charge in [-0.1, -0.05) is 31.2 Å². The normalized spacial score (nSPS) is 19.8. The Hall–Kier alpha value is -3.61. The van der Waals surface area contributed by atoms with Crippen LogP contribution in [-0.4, -0.2) is 35.3 Å². The standard InChI is InChI=1S/C25H30N4O3/c1-5-9-17(6-2)27-23-21(22(26)30)16(4)13-18(28-23)12-15(3)14-29-24(31)19-10-7-8-11-20(19)25(29)32/h5-11,13,15,23,27-28H,12,14H2,1-4H3,(H2,26,30)/b9-5-,17-6+. The van der Waals surface area contributed by atoms with E-state index in [-0.39, 0.29) is 17.7 Å². The van der Waals surface area contributed by atoms with Crippen LogP contribution in [0.3, 0.4) is 0 Å². The van der Waals surface area contributed by atoms with Crippen LogP contribution < -0.4 is 16.4 Å². The second-order valence-corrected chi connectivity index (χ2v) is 8.17. The minimum atomic E-state index is -0.488. The van der Waals surface area contributed by atoms with Crippen molar-refractivity contribution in [2.75, 3.05) is 6.54 Å². The number of nitrogens with one attached hydrogen (secondary N) is 2. The van der Waals surface area contributed by atoms with Gasteiger partial charge in [-0.3, -0.25) is 19.3 Å². The number of nitrogens with two attached hydrogens (primary N) is 1. The Morgan fingerprint density at radius 1 is 1.22 bits per heavy atom. The molecule has 0 saturated carbocycles. The lowest BCUT2D eigenvalue weighted by molar-refractivity contribution is -0.115. The van der Waals surface area contributed by atoms with E-state index in [0.717, 1.165) is 17.0 Å². The summed E-state index contributed by atoms with van der Waals surface area (Å²) in [6.07, 6.45) is 7.77. The van der Waals surface area contributed by atoms with Crippen molar-refractivity contribution in [2.24, 2.45) is 11.7 Å². The van der Waals surface area contributed by atoms with Crippen LogP contribution in [0.15, 0.2) is 71.1 Å². The van der Waals surface area contributed by atoms with Gasteiger partial charge in [0, 0.05) is 17.9 Å². The minimum Gasteiger partial charge on any atom is -0.366 e. The van der Waals surface area contributed by atoms with Gasteiger partial charge in [-0.15, -0.1) is 0 Å². The third-order valence-electron chi connectivity index (χ3n) is 5.61. The molecule has 7 nitrogen and oxygen atoms in total. The van der Waals surface area contributed by atoms with E-state index in [4.69, 9.17) is 5.73 Å². The van der Waals surface area contributed by atoms with Crippen molar-refractivity contribution in [3.63, 3.8) is 0 Å². The van der Waals surface area contributed by atoms with Crippen LogP contribution in [0.4, 0.5) is 0 Å². The average molecular weight is 435 g/mol. The zero-order chi connectivity index (χ0) is 23.4. The Morgan fingerprint density at radius 2 is 1.84 bits per heavy atom. The van der Waals surface area contributed by atoms with E-state index in [0.29, 0.717) is 29.7 Å². The molecule has 7 heteroatoms. The molecule has 0 spiro atoms. The van der Waals surface area contributed by atoms with Crippen LogP contribution in [0.1, 0.15) is 54.8 Å². The van der Waals surface area contributed by atoms with E-state index in [9.17, 15) is 14.4 Å². The van der Waals surface area contributed by atoms with Gasteiger partial charge in [0.05, 0.1) is 16.7 Å². The number of hydrogen-bond acceptors (Lipinski definition) is 5. The molecule has 2 atom stereocenters. The molecule has 0 fully saturated rings. The lowest BCUT2D eigenvalue weighted by atomic mass is 9.96. The summed E-state index contributed by atoms with van der Waals surface area (Å²) in [5, 5.41) is 6.68. The lowest BCUT2D eigenvalue weighted by Gasteiger charge is -2.31. The van der Waals surface area contributed by atoms with Crippen molar-refractivity contribution in [2.45, 2.75) is 40.3 Å². The van der Waals surface area contributed by atoms with Gasteiger partial charge in [-0.25, -0.2) is 0 Å². The molecule has 0 bridgehead atoms. The number of carbonyl (C=O) groups is 3. The van der Waals surface area contributed by atoms with Crippen molar-refractivity contribution >= 4 is 17.7 Å². The van der Waals surface area contributed by atoms with Crippen LogP contribution in [0, 0.1) is 5.92 Å². The van der Waals surface area contributed by atoms with Gasteiger partial charge in [-0.05, 0) is 63.0 Å². The number of hydrogen-bond donors (Lipinski definition) is 3. The number of dihydropyridines is 1. The Labute approximate surface area is 188 Å². The fraction of sp³-hybridized carbons (Fsp3) is 0.320. The maximum atomic E-state index is 12.7. The number of fused-ring (bicyclic) bond motifs is 1. The molecule has 2 unspecified atom stereocenters. The average Bonchev–Trinajstić information content (AvgIpc) is 2.98. The summed E-state index contributed by atoms with van der Waals surface area (Å²) in [5.41, 5.74) is 9.58. The van der Waals surface area contributed by atoms with Crippen molar-refractivity contribution in [3.05, 3.63) is 82.2 Å². The second kappa shape index (κ2) is 9.68. The highest BCUT2D eigenvalue weighted by Gasteiger charge is 2.36. The summed E-state index contributed by atoms with van der Waals surface area (Å²) >= 11 is 0. The van der Waals surface area contributed by atoms with Gasteiger partial charge < -0.3 is 16.4 Å². The molecule has 32 heavy (non-hydrogen) atoms. The molecule has 1 aromatic rings. The van der Waals surface area contributed by atoms with Gasteiger partial charge >= 0.3 is 0 Å². The van der Waals surface area contributed by atoms with Crippen molar-refractivity contribution < 1.29 is 14.4 Å². The van der Waals surface area contributed by atoms with Crippen LogP contribution in [0.5, 0.6) is 0 Å². The summed E-state index contributed by atoms with van der Waals surface area (Å²) < 4.78 is 0. The number of amides is 3. The maximum Gasteiger partial charge on any atom is 0.261 e. The van der Waals surface area contributed by atoms with E-state index in [2.05, 4.69) is 10.6 Å². The molecule has 1 aromatic carbocycles. The fourth-order valence-electron chi connectivity index (χ4n) is 4.16. The molecule has 168 valence electrons. The number of benzene rings is 1. The highest BCUT2D eigenvalue weighted by Crippen LogP contribution is 2.26. The fourth-order valence-corrected chi connectivity index (χ4v) is 4.16. The quantitative estimate of drug-likeness (QED) is 0.431. The second-order valence-electron chi connectivity index (χ2n) is 8.17. The molecule has 4 N–H and O–H groups in total. The third kappa shape index (κ3) is 4.66. The number of allylic oxidation sites excluding steroid dienone is 6. The molecule has 2 aliphatic rings. The van der Waals surface area contributed by atoms with E-state index < -0.39 is 12.1 Å². The summed E-state index contributed by atoms with van der Waals surface area (Å²) in [6, 6.07) is 6.90. The summed E-state index contributed by atoms with van der Waals surface area (Å²) in [6.45, 7) is 7.99. The molecular weight excluding hydrogens is 404 g/mol. The molecule has 0 saturated heterocycles. The topological polar surface area (TPSA) is 105 Å². The van der Waals surface area contributed by atoms with E-state index in [1.54, 1.807) is 24.3 Å². The Bertz CT molecular complexity index is 1030. The van der Waals surface area contributed by atoms with Gasteiger partial charge in [0.2, 0.25) is 5.91 Å². The zero-order valence-electron chi connectivity index (χ0n) is 18.9. The van der Waals surface area contributed by atoms with Crippen molar-refractivity contribution in [3.8, 4) is 0 Å². The lowest BCUT2D eigenvalue weighted by Crippen LogP contribution is -2.48. The molecule has 0 aliphatic carbocycles. The first kappa shape index (κ1) is 23.1. The van der Waals surface area contributed by atoms with Crippen LogP contribution >= 0.6 is 0 Å². The SMILES string of the molecule is C/C=C\C(=C/C)NC1NC(CC(C)CN2C(=O)c3ccccc3C2=O)=CC(C)=C1C(N)=O. The monoisotopic (exact) mass is 434 g/mol. The van der Waals surface area contributed by atoms with Crippen LogP contribution in [0.25, 0.3) is 0 Å². The Kier molecular flexibility index (Phi) is 6.98. The van der Waals surface area contributed by atoms with Crippen LogP contribution in [0.2, 0.25) is 0 Å². The number of nitrogens with zero attached hydrogens (tertiary/aromatic N) is 1. The molecular formula is C25H30N4O3. The number of imide groups is 1. The smallest absolute Gasteiger partial charge is 0.261 e. The highest BCUT2D eigenvalue weighted by molar-refractivity contribution is 6.21. The Balaban J connectivity index is 1.74. The predicted octanol–water partition coefficient (Wildman–Crippen LogP) is 2.99. The molecule has 3 amide bonds. The van der Waals surface area contributed by atoms with Crippen molar-refractivity contribution in [1.82, 2.24) is 15.5 Å². The third-order valence-corrected chi connectivity index (χ3v) is 5.61. The first-order valence-electron chi connectivity index (χ1n) is 10.7. The molecule has 3 rings (SSSR count). The van der Waals surface area contributed by atoms with Crippen LogP contribution in [-0.2, 0) is 4.79 Å². The first-order chi connectivity index (χ1) is 15.3. The molecule has 0 radical (unpaired) electrons. The number of rotatable bonds is 8. The molecule has 2 aliphatic heterocycles. The van der Waals surface area contributed by atoms with E-state index >= 15 is 0 Å². The van der Waals surface area contributed by atoms with E-state index in [1.807, 2.05) is 52.0 Å². The van der Waals surface area contributed by atoms with Gasteiger partial charge in [0.15, 0.2) is 0 Å². The van der Waals surface area contributed by atoms with Gasteiger partial charge in [-0.2, -0.15) is 0 Å². The summed E-state index contributed by atoms with van der Waals surface area (Å²) in [7, 11) is 0. The highest BCUT2D eigenvalue weighted by atomic mass is 16.2. The largest absolute Gasteiger partial charge is 0.366 e. The predicted molar refractivity (Wildman–Crippen MR) is 124 cm³/mol. The van der Waals surface area contributed by atoms with E-state index in [1.165, 1.54) is 4.90 Å². The minimum absolute atomic E-state index is 0.0104. The number of primary amides is 1. The Morgan fingerprint density at radius 3 is 2.38 bits per heavy atom. The molecule has 2 heterocycles. The van der Waals surface area contributed by atoms with Crippen molar-refractivity contribution in [1.29, 1.82) is 0 Å². The molecule has 0 aromatic heterocycles. The van der Waals surface area contributed by atoms with Gasteiger partial charge in [0.1, 0.15) is 6.17 Å². The number of carbonyl (C=O) groups excluding carboxylic acids is 3. The first-order valence-corrected chi connectivity index (χ1v) is 10.7. The summed E-state index contributed by atoms with van der Waals surface area (Å²) in [4.78, 5) is 38.7. The zero-order valence-corrected chi connectivity index (χ0v) is 18.9.